The average Bonchev–Trinajstić information content (AvgIpc) is 1.88. The van der Waals surface area contributed by atoms with Gasteiger partial charge in [0.1, 0.15) is 5.69 Å². The van der Waals surface area contributed by atoms with E-state index in [1.807, 2.05) is 19.1 Å². The molecule has 0 saturated heterocycles. The largest absolute Gasteiger partial charge is 0.608 e. The molecule has 0 amide bonds. The molecule has 0 fully saturated rings. The molecule has 1 unspecified atom stereocenters. The lowest BCUT2D eigenvalue weighted by molar-refractivity contribution is -0.789. The third-order valence-electron chi connectivity index (χ3n) is 1.34. The Labute approximate surface area is 59.6 Å². The molecule has 0 bridgehead atoms. The number of aryl methyl sites for hydroxylation is 1. The van der Waals surface area contributed by atoms with Gasteiger partial charge in [-0.2, -0.15) is 5.84 Å². The molecule has 3 N–H and O–H groups in total. The monoisotopic (exact) mass is 138 g/mol. The first-order valence-corrected chi connectivity index (χ1v) is 3.06. The molecule has 3 nitrogen and oxygen atoms in total. The number of quaternary nitrogens is 1. The Kier molecular flexibility index (Phi) is 2.01. The van der Waals surface area contributed by atoms with Crippen LogP contribution in [0.2, 0.25) is 0 Å². The molecule has 0 spiro atoms. The van der Waals surface area contributed by atoms with Crippen molar-refractivity contribution in [1.82, 2.24) is 0 Å². The van der Waals surface area contributed by atoms with Gasteiger partial charge in [-0.1, -0.05) is 17.7 Å². The molecule has 0 aliphatic heterocycles. The molecule has 3 heteroatoms. The number of benzene rings is 1. The maximum atomic E-state index is 10.5. The van der Waals surface area contributed by atoms with E-state index < -0.39 is 0 Å². The van der Waals surface area contributed by atoms with Gasteiger partial charge < -0.3 is 5.21 Å². The predicted molar refractivity (Wildman–Crippen MR) is 39.4 cm³/mol. The number of rotatable bonds is 1. The van der Waals surface area contributed by atoms with Crippen LogP contribution < -0.4 is 11.0 Å². The van der Waals surface area contributed by atoms with E-state index >= 15 is 0 Å². The van der Waals surface area contributed by atoms with Crippen LogP contribution in [0.3, 0.4) is 0 Å². The highest BCUT2D eigenvalue weighted by Crippen LogP contribution is 2.02. The molecule has 0 saturated carbocycles. The summed E-state index contributed by atoms with van der Waals surface area (Å²) < 4.78 is 0. The van der Waals surface area contributed by atoms with Crippen LogP contribution in [0.1, 0.15) is 5.56 Å². The van der Waals surface area contributed by atoms with Gasteiger partial charge in [0.15, 0.2) is 0 Å². The number of nitrogens with two attached hydrogens (primary N) is 1. The van der Waals surface area contributed by atoms with E-state index in [1.54, 1.807) is 12.1 Å². The molecule has 0 radical (unpaired) electrons. The van der Waals surface area contributed by atoms with Crippen LogP contribution in [0.15, 0.2) is 24.3 Å². The summed E-state index contributed by atoms with van der Waals surface area (Å²) in [4.78, 5) is 0. The summed E-state index contributed by atoms with van der Waals surface area (Å²) in [7, 11) is 0. The molecule has 1 aromatic carbocycles. The van der Waals surface area contributed by atoms with Gasteiger partial charge in [-0.15, -0.1) is 0 Å². The Hall–Kier alpha value is -0.900. The summed E-state index contributed by atoms with van der Waals surface area (Å²) in [5.74, 6) is 5.02. The lowest BCUT2D eigenvalue weighted by Crippen LogP contribution is -3.08. The van der Waals surface area contributed by atoms with Crippen molar-refractivity contribution >= 4 is 5.69 Å². The molecule has 1 aromatic rings. The molecule has 1 rings (SSSR count). The van der Waals surface area contributed by atoms with Crippen molar-refractivity contribution in [3.8, 4) is 0 Å². The average molecular weight is 138 g/mol. The highest BCUT2D eigenvalue weighted by atomic mass is 16.5. The zero-order chi connectivity index (χ0) is 7.56. The molecule has 54 valence electrons. The second-order valence-electron chi connectivity index (χ2n) is 2.23. The standard InChI is InChI=1S/C7H10N2O/c1-6-2-4-7(5-3-6)9(8)10/h2-5,9H,8H2,1H3. The first kappa shape index (κ1) is 7.21. The fraction of sp³-hybridized carbons (Fsp3) is 0.143. The second-order valence-corrected chi connectivity index (χ2v) is 2.23. The summed E-state index contributed by atoms with van der Waals surface area (Å²) >= 11 is 0. The molecule has 0 aromatic heterocycles. The lowest BCUT2D eigenvalue weighted by atomic mass is 10.2. The quantitative estimate of drug-likeness (QED) is 0.420. The number of nitrogen functional groups attached to an aromatic ring is 1. The van der Waals surface area contributed by atoms with E-state index in [2.05, 4.69) is 0 Å². The van der Waals surface area contributed by atoms with Gasteiger partial charge >= 0.3 is 0 Å². The van der Waals surface area contributed by atoms with Crippen molar-refractivity contribution in [1.29, 1.82) is 0 Å². The van der Waals surface area contributed by atoms with Gasteiger partial charge in [-0.3, -0.25) is 5.17 Å². The van der Waals surface area contributed by atoms with Crippen LogP contribution in [0, 0.1) is 12.1 Å². The van der Waals surface area contributed by atoms with Crippen LogP contribution in [-0.2, 0) is 0 Å². The van der Waals surface area contributed by atoms with Crippen LogP contribution >= 0.6 is 0 Å². The highest BCUT2D eigenvalue weighted by molar-refractivity contribution is 5.31. The van der Waals surface area contributed by atoms with Gasteiger partial charge in [0.05, 0.1) is 0 Å². The smallest absolute Gasteiger partial charge is 0.150 e. The molecule has 10 heavy (non-hydrogen) atoms. The Morgan fingerprint density at radius 3 is 2.20 bits per heavy atom. The number of hydrogen-bond donors (Lipinski definition) is 2. The first-order chi connectivity index (χ1) is 4.70. The summed E-state index contributed by atoms with van der Waals surface area (Å²) in [6, 6.07) is 7.16. The molecule has 0 aliphatic carbocycles. The number of hydrogen-bond acceptors (Lipinski definition) is 2. The summed E-state index contributed by atoms with van der Waals surface area (Å²) in [6.45, 7) is 1.96. The molecular formula is C7H10N2O. The topological polar surface area (TPSA) is 53.5 Å². The summed E-state index contributed by atoms with van der Waals surface area (Å²) in [5, 5.41) is 10.2. The normalized spacial score (nSPS) is 13.1. The predicted octanol–water partition coefficient (Wildman–Crippen LogP) is -0.117. The van der Waals surface area contributed by atoms with Crippen molar-refractivity contribution < 1.29 is 5.17 Å². The van der Waals surface area contributed by atoms with E-state index in [1.165, 1.54) is 0 Å². The van der Waals surface area contributed by atoms with Crippen molar-refractivity contribution in [3.05, 3.63) is 35.0 Å². The molecule has 1 atom stereocenters. The zero-order valence-corrected chi connectivity index (χ0v) is 5.79. The summed E-state index contributed by atoms with van der Waals surface area (Å²) in [6.07, 6.45) is 0. The van der Waals surface area contributed by atoms with E-state index in [4.69, 9.17) is 5.84 Å². The Balaban J connectivity index is 2.89. The highest BCUT2D eigenvalue weighted by Gasteiger charge is 1.93. The minimum atomic E-state index is -0.375. The minimum absolute atomic E-state index is 0.375. The molecule has 0 heterocycles. The van der Waals surface area contributed by atoms with E-state index in [-0.39, 0.29) is 5.17 Å². The maximum Gasteiger partial charge on any atom is 0.150 e. The van der Waals surface area contributed by atoms with E-state index in [0.29, 0.717) is 5.69 Å². The van der Waals surface area contributed by atoms with Gasteiger partial charge in [0, 0.05) is 12.1 Å². The van der Waals surface area contributed by atoms with Crippen molar-refractivity contribution in [2.24, 2.45) is 5.84 Å². The molecule has 0 aliphatic rings. The Morgan fingerprint density at radius 1 is 1.30 bits per heavy atom. The van der Waals surface area contributed by atoms with Crippen LogP contribution in [-0.4, -0.2) is 0 Å². The van der Waals surface area contributed by atoms with Crippen LogP contribution in [0.25, 0.3) is 0 Å². The second kappa shape index (κ2) is 2.79. The fourth-order valence-electron chi connectivity index (χ4n) is 0.718. The fourth-order valence-corrected chi connectivity index (χ4v) is 0.718. The van der Waals surface area contributed by atoms with Gasteiger partial charge in [0.25, 0.3) is 0 Å². The third-order valence-corrected chi connectivity index (χ3v) is 1.34. The van der Waals surface area contributed by atoms with Gasteiger partial charge in [-0.05, 0) is 6.92 Å². The first-order valence-electron chi connectivity index (χ1n) is 3.06. The van der Waals surface area contributed by atoms with Crippen molar-refractivity contribution in [3.63, 3.8) is 0 Å². The minimum Gasteiger partial charge on any atom is -0.608 e. The maximum absolute atomic E-state index is 10.5. The molecular weight excluding hydrogens is 128 g/mol. The Bertz CT molecular complexity index is 205. The van der Waals surface area contributed by atoms with Crippen molar-refractivity contribution in [2.75, 3.05) is 0 Å². The van der Waals surface area contributed by atoms with E-state index in [0.717, 1.165) is 5.56 Å². The van der Waals surface area contributed by atoms with Crippen molar-refractivity contribution in [2.45, 2.75) is 6.92 Å². The van der Waals surface area contributed by atoms with Gasteiger partial charge in [0.2, 0.25) is 0 Å². The number of nitrogens with one attached hydrogen (secondary N) is 1. The Morgan fingerprint density at radius 2 is 1.80 bits per heavy atom. The lowest BCUT2D eigenvalue weighted by Gasteiger charge is -2.13. The van der Waals surface area contributed by atoms with Crippen LogP contribution in [0.4, 0.5) is 5.69 Å². The third kappa shape index (κ3) is 1.54. The SMILES string of the molecule is Cc1ccc([NH+](N)[O-])cc1. The van der Waals surface area contributed by atoms with E-state index in [9.17, 15) is 5.21 Å². The summed E-state index contributed by atoms with van der Waals surface area (Å²) in [5.41, 5.74) is 1.69. The van der Waals surface area contributed by atoms with Gasteiger partial charge in [-0.25, -0.2) is 0 Å². The van der Waals surface area contributed by atoms with Crippen LogP contribution in [0.5, 0.6) is 0 Å². The zero-order valence-electron chi connectivity index (χ0n) is 5.79.